The fraction of sp³-hybridized carbons (Fsp3) is 0.444. The van der Waals surface area contributed by atoms with Crippen LogP contribution < -0.4 is 5.32 Å². The average Bonchev–Trinajstić information content (AvgIpc) is 2.15. The average molecular weight is 219 g/mol. The molecule has 1 aromatic rings. The minimum Gasteiger partial charge on any atom is -0.384 e. The van der Waals surface area contributed by atoms with Crippen molar-refractivity contribution in [3.63, 3.8) is 0 Å². The molecule has 72 valence electrons. The number of pyridine rings is 1. The van der Waals surface area contributed by atoms with E-state index < -0.39 is 0 Å². The summed E-state index contributed by atoms with van der Waals surface area (Å²) in [5.41, 5.74) is 0.936. The van der Waals surface area contributed by atoms with Crippen LogP contribution in [0.3, 0.4) is 0 Å². The SMILES string of the molecule is ClCCCCNc1ccncc1Cl. The highest BCUT2D eigenvalue weighted by atomic mass is 35.5. The van der Waals surface area contributed by atoms with Gasteiger partial charge in [-0.1, -0.05) is 11.6 Å². The summed E-state index contributed by atoms with van der Waals surface area (Å²) in [6.07, 6.45) is 5.43. The fourth-order valence-corrected chi connectivity index (χ4v) is 1.34. The molecule has 0 unspecified atom stereocenters. The highest BCUT2D eigenvalue weighted by molar-refractivity contribution is 6.33. The number of aromatic nitrogens is 1. The molecule has 0 aromatic carbocycles. The largest absolute Gasteiger partial charge is 0.384 e. The van der Waals surface area contributed by atoms with Crippen molar-refractivity contribution in [1.82, 2.24) is 4.98 Å². The zero-order valence-corrected chi connectivity index (χ0v) is 8.78. The topological polar surface area (TPSA) is 24.9 Å². The third-order valence-electron chi connectivity index (χ3n) is 1.65. The van der Waals surface area contributed by atoms with Crippen molar-refractivity contribution >= 4 is 28.9 Å². The van der Waals surface area contributed by atoms with Crippen LogP contribution in [0.2, 0.25) is 5.02 Å². The molecule has 0 atom stereocenters. The third kappa shape index (κ3) is 3.83. The van der Waals surface area contributed by atoms with Crippen molar-refractivity contribution in [2.24, 2.45) is 0 Å². The number of halogens is 2. The van der Waals surface area contributed by atoms with Crippen LogP contribution in [-0.2, 0) is 0 Å². The maximum atomic E-state index is 5.89. The number of alkyl halides is 1. The lowest BCUT2D eigenvalue weighted by atomic mass is 10.3. The maximum Gasteiger partial charge on any atom is 0.0820 e. The first-order valence-electron chi connectivity index (χ1n) is 4.24. The summed E-state index contributed by atoms with van der Waals surface area (Å²) in [4.78, 5) is 3.90. The van der Waals surface area contributed by atoms with Crippen molar-refractivity contribution in [2.75, 3.05) is 17.7 Å². The summed E-state index contributed by atoms with van der Waals surface area (Å²) in [6, 6.07) is 1.86. The lowest BCUT2D eigenvalue weighted by Crippen LogP contribution is -2.02. The molecule has 1 heterocycles. The van der Waals surface area contributed by atoms with Gasteiger partial charge in [-0.25, -0.2) is 0 Å². The molecule has 0 saturated carbocycles. The van der Waals surface area contributed by atoms with E-state index in [0.717, 1.165) is 25.1 Å². The molecule has 0 fully saturated rings. The number of hydrogen-bond acceptors (Lipinski definition) is 2. The van der Waals surface area contributed by atoms with Gasteiger partial charge in [0.25, 0.3) is 0 Å². The minimum absolute atomic E-state index is 0.661. The second-order valence-electron chi connectivity index (χ2n) is 2.68. The second kappa shape index (κ2) is 6.06. The lowest BCUT2D eigenvalue weighted by Gasteiger charge is -2.06. The predicted octanol–water partition coefficient (Wildman–Crippen LogP) is 3.17. The van der Waals surface area contributed by atoms with Crippen LogP contribution in [0.15, 0.2) is 18.5 Å². The van der Waals surface area contributed by atoms with Gasteiger partial charge in [0, 0.05) is 24.8 Å². The minimum atomic E-state index is 0.661. The predicted molar refractivity (Wildman–Crippen MR) is 57.7 cm³/mol. The smallest absolute Gasteiger partial charge is 0.0820 e. The van der Waals surface area contributed by atoms with Gasteiger partial charge in [0.1, 0.15) is 0 Å². The van der Waals surface area contributed by atoms with Crippen LogP contribution in [0.1, 0.15) is 12.8 Å². The van der Waals surface area contributed by atoms with Gasteiger partial charge >= 0.3 is 0 Å². The molecule has 13 heavy (non-hydrogen) atoms. The van der Waals surface area contributed by atoms with Gasteiger partial charge < -0.3 is 5.32 Å². The summed E-state index contributed by atoms with van der Waals surface area (Å²) < 4.78 is 0. The normalized spacial score (nSPS) is 10.0. The fourth-order valence-electron chi connectivity index (χ4n) is 0.961. The molecule has 0 bridgehead atoms. The molecule has 0 aliphatic rings. The molecule has 0 saturated heterocycles. The molecule has 1 aromatic heterocycles. The van der Waals surface area contributed by atoms with Crippen LogP contribution in [0.4, 0.5) is 5.69 Å². The summed E-state index contributed by atoms with van der Waals surface area (Å²) in [5.74, 6) is 0.714. The van der Waals surface area contributed by atoms with E-state index in [2.05, 4.69) is 10.3 Å². The van der Waals surface area contributed by atoms with Crippen LogP contribution in [-0.4, -0.2) is 17.4 Å². The van der Waals surface area contributed by atoms with Crippen molar-refractivity contribution in [2.45, 2.75) is 12.8 Å². The van der Waals surface area contributed by atoms with Gasteiger partial charge in [-0.15, -0.1) is 11.6 Å². The van der Waals surface area contributed by atoms with Crippen LogP contribution in [0, 0.1) is 0 Å². The number of rotatable bonds is 5. The molecular formula is C9H12Cl2N2. The second-order valence-corrected chi connectivity index (χ2v) is 3.46. The quantitative estimate of drug-likeness (QED) is 0.607. The molecule has 4 heteroatoms. The van der Waals surface area contributed by atoms with E-state index >= 15 is 0 Å². The Morgan fingerprint density at radius 3 is 2.92 bits per heavy atom. The number of nitrogens with one attached hydrogen (secondary N) is 1. The Kier molecular flexibility index (Phi) is 4.94. The van der Waals surface area contributed by atoms with E-state index in [-0.39, 0.29) is 0 Å². The summed E-state index contributed by atoms with van der Waals surface area (Å²) in [7, 11) is 0. The number of hydrogen-bond donors (Lipinski definition) is 1. The van der Waals surface area contributed by atoms with E-state index in [9.17, 15) is 0 Å². The van der Waals surface area contributed by atoms with Crippen LogP contribution in [0.5, 0.6) is 0 Å². The summed E-state index contributed by atoms with van der Waals surface area (Å²) >= 11 is 11.4. The molecule has 1 rings (SSSR count). The van der Waals surface area contributed by atoms with Gasteiger partial charge in [0.15, 0.2) is 0 Å². The van der Waals surface area contributed by atoms with E-state index in [0.29, 0.717) is 10.9 Å². The first-order valence-corrected chi connectivity index (χ1v) is 5.15. The van der Waals surface area contributed by atoms with E-state index in [1.54, 1.807) is 12.4 Å². The lowest BCUT2D eigenvalue weighted by molar-refractivity contribution is 0.839. The van der Waals surface area contributed by atoms with Crippen LogP contribution in [0.25, 0.3) is 0 Å². The van der Waals surface area contributed by atoms with Gasteiger partial charge in [-0.05, 0) is 18.9 Å². The Hall–Kier alpha value is -0.470. The number of nitrogens with zero attached hydrogens (tertiary/aromatic N) is 1. The van der Waals surface area contributed by atoms with Crippen molar-refractivity contribution in [3.8, 4) is 0 Å². The molecule has 2 nitrogen and oxygen atoms in total. The Bertz CT molecular complexity index is 253. The molecular weight excluding hydrogens is 207 g/mol. The maximum absolute atomic E-state index is 5.89. The summed E-state index contributed by atoms with van der Waals surface area (Å²) in [5, 5.41) is 3.88. The molecule has 0 aliphatic carbocycles. The Labute approximate surface area is 88.3 Å². The zero-order valence-electron chi connectivity index (χ0n) is 7.26. The Morgan fingerprint density at radius 2 is 2.23 bits per heavy atom. The van der Waals surface area contributed by atoms with E-state index in [1.165, 1.54) is 0 Å². The first kappa shape index (κ1) is 10.6. The monoisotopic (exact) mass is 218 g/mol. The van der Waals surface area contributed by atoms with Gasteiger partial charge in [-0.3, -0.25) is 4.98 Å². The molecule has 1 N–H and O–H groups in total. The Morgan fingerprint density at radius 1 is 1.38 bits per heavy atom. The van der Waals surface area contributed by atoms with Crippen molar-refractivity contribution in [1.29, 1.82) is 0 Å². The molecule has 0 spiro atoms. The zero-order chi connectivity index (χ0) is 9.52. The highest BCUT2D eigenvalue weighted by Crippen LogP contribution is 2.18. The number of unbranched alkanes of at least 4 members (excludes halogenated alkanes) is 1. The van der Waals surface area contributed by atoms with Crippen molar-refractivity contribution < 1.29 is 0 Å². The van der Waals surface area contributed by atoms with E-state index in [1.807, 2.05) is 6.07 Å². The van der Waals surface area contributed by atoms with Crippen molar-refractivity contribution in [3.05, 3.63) is 23.5 Å². The van der Waals surface area contributed by atoms with Crippen LogP contribution >= 0.6 is 23.2 Å². The standard InChI is InChI=1S/C9H12Cl2N2/c10-4-1-2-5-13-9-3-6-12-7-8(9)11/h3,6-7H,1-2,4-5H2,(H,12,13). The van der Waals surface area contributed by atoms with E-state index in [4.69, 9.17) is 23.2 Å². The van der Waals surface area contributed by atoms with Gasteiger partial charge in [-0.2, -0.15) is 0 Å². The van der Waals surface area contributed by atoms with Gasteiger partial charge in [0.2, 0.25) is 0 Å². The number of anilines is 1. The van der Waals surface area contributed by atoms with Gasteiger partial charge in [0.05, 0.1) is 10.7 Å². The highest BCUT2D eigenvalue weighted by Gasteiger charge is 1.96. The molecule has 0 radical (unpaired) electrons. The molecule has 0 amide bonds. The first-order chi connectivity index (χ1) is 6.34. The Balaban J connectivity index is 2.32. The summed E-state index contributed by atoms with van der Waals surface area (Å²) in [6.45, 7) is 0.899. The molecule has 0 aliphatic heterocycles. The third-order valence-corrected chi connectivity index (χ3v) is 2.22.